The Labute approximate surface area is 106 Å². The molecule has 0 bridgehead atoms. The van der Waals surface area contributed by atoms with Crippen LogP contribution in [-0.4, -0.2) is 18.7 Å². The summed E-state index contributed by atoms with van der Waals surface area (Å²) in [5.41, 5.74) is 5.43. The smallest absolute Gasteiger partial charge is 0.342 e. The molecule has 1 aromatic carbocycles. The number of hydrogen-bond acceptors (Lipinski definition) is 3. The molecule has 2 N–H and O–H groups in total. The fraction of sp³-hybridized carbons (Fsp3) is 0.364. The SMILES string of the molecule is CCOC(=O)C(F)[C@@H](N)c1cccc(Br)c1F. The molecule has 0 saturated carbocycles. The number of rotatable bonds is 4. The first-order valence-electron chi connectivity index (χ1n) is 4.99. The summed E-state index contributed by atoms with van der Waals surface area (Å²) in [5, 5.41) is 0. The van der Waals surface area contributed by atoms with Crippen LogP contribution in [0.2, 0.25) is 0 Å². The molecule has 0 aromatic heterocycles. The fourth-order valence-electron chi connectivity index (χ4n) is 1.30. The second kappa shape index (κ2) is 6.07. The van der Waals surface area contributed by atoms with Crippen molar-refractivity contribution in [2.24, 2.45) is 5.73 Å². The van der Waals surface area contributed by atoms with Crippen LogP contribution >= 0.6 is 15.9 Å². The van der Waals surface area contributed by atoms with Crippen LogP contribution in [-0.2, 0) is 9.53 Å². The van der Waals surface area contributed by atoms with Crippen molar-refractivity contribution in [1.82, 2.24) is 0 Å². The van der Waals surface area contributed by atoms with Gasteiger partial charge in [0.1, 0.15) is 5.82 Å². The van der Waals surface area contributed by atoms with E-state index in [9.17, 15) is 13.6 Å². The maximum Gasteiger partial charge on any atom is 0.342 e. The van der Waals surface area contributed by atoms with Crippen molar-refractivity contribution < 1.29 is 18.3 Å². The van der Waals surface area contributed by atoms with Crippen molar-refractivity contribution in [3.05, 3.63) is 34.1 Å². The van der Waals surface area contributed by atoms with Crippen LogP contribution in [0.3, 0.4) is 0 Å². The van der Waals surface area contributed by atoms with E-state index >= 15 is 0 Å². The highest BCUT2D eigenvalue weighted by atomic mass is 79.9. The number of halogens is 3. The lowest BCUT2D eigenvalue weighted by Gasteiger charge is -2.16. The van der Waals surface area contributed by atoms with E-state index in [1.165, 1.54) is 18.2 Å². The Hall–Kier alpha value is -1.01. The monoisotopic (exact) mass is 307 g/mol. The van der Waals surface area contributed by atoms with E-state index in [-0.39, 0.29) is 16.6 Å². The number of carbonyl (C=O) groups excluding carboxylic acids is 1. The molecular formula is C11H12BrF2NO2. The standard InChI is InChI=1S/C11H12BrF2NO2/c1-2-17-11(16)9(14)10(15)6-4-3-5-7(12)8(6)13/h3-5,9-10H,2,15H2,1H3/t9?,10-/m0/s1. The summed E-state index contributed by atoms with van der Waals surface area (Å²) >= 11 is 2.96. The maximum absolute atomic E-state index is 13.6. The van der Waals surface area contributed by atoms with Gasteiger partial charge in [-0.15, -0.1) is 0 Å². The lowest BCUT2D eigenvalue weighted by molar-refractivity contribution is -0.149. The third kappa shape index (κ3) is 3.23. The molecule has 0 saturated heterocycles. The van der Waals surface area contributed by atoms with Gasteiger partial charge in [-0.2, -0.15) is 0 Å². The van der Waals surface area contributed by atoms with Crippen LogP contribution < -0.4 is 5.73 Å². The Bertz CT molecular complexity index is 414. The number of nitrogens with two attached hydrogens (primary N) is 1. The summed E-state index contributed by atoms with van der Waals surface area (Å²) in [5.74, 6) is -1.76. The van der Waals surface area contributed by atoms with E-state index in [1.54, 1.807) is 6.92 Å². The lowest BCUT2D eigenvalue weighted by Crippen LogP contribution is -2.32. The van der Waals surface area contributed by atoms with Crippen LogP contribution in [0.4, 0.5) is 8.78 Å². The highest BCUT2D eigenvalue weighted by Gasteiger charge is 2.29. The highest BCUT2D eigenvalue weighted by Crippen LogP contribution is 2.25. The molecule has 1 aromatic rings. The normalized spacial score (nSPS) is 14.2. The molecule has 0 aliphatic rings. The van der Waals surface area contributed by atoms with E-state index in [0.29, 0.717) is 0 Å². The minimum absolute atomic E-state index is 0.0486. The van der Waals surface area contributed by atoms with E-state index in [4.69, 9.17) is 5.73 Å². The maximum atomic E-state index is 13.6. The quantitative estimate of drug-likeness (QED) is 0.870. The first kappa shape index (κ1) is 14.1. The number of hydrogen-bond donors (Lipinski definition) is 1. The van der Waals surface area contributed by atoms with Gasteiger partial charge < -0.3 is 10.5 Å². The lowest BCUT2D eigenvalue weighted by atomic mass is 10.0. The molecule has 0 aliphatic heterocycles. The summed E-state index contributed by atoms with van der Waals surface area (Å²) in [4.78, 5) is 11.1. The Morgan fingerprint density at radius 2 is 2.24 bits per heavy atom. The molecule has 94 valence electrons. The van der Waals surface area contributed by atoms with Gasteiger partial charge in [0, 0.05) is 5.56 Å². The summed E-state index contributed by atoms with van der Waals surface area (Å²) < 4.78 is 31.9. The summed E-state index contributed by atoms with van der Waals surface area (Å²) in [6.45, 7) is 1.60. The first-order chi connectivity index (χ1) is 7.99. The van der Waals surface area contributed by atoms with Crippen molar-refractivity contribution >= 4 is 21.9 Å². The highest BCUT2D eigenvalue weighted by molar-refractivity contribution is 9.10. The van der Waals surface area contributed by atoms with Gasteiger partial charge in [0.05, 0.1) is 17.1 Å². The van der Waals surface area contributed by atoms with Gasteiger partial charge in [0.25, 0.3) is 0 Å². The van der Waals surface area contributed by atoms with Crippen LogP contribution in [0.1, 0.15) is 18.5 Å². The molecule has 0 amide bonds. The molecule has 1 unspecified atom stereocenters. The van der Waals surface area contributed by atoms with E-state index in [1.807, 2.05) is 0 Å². The van der Waals surface area contributed by atoms with E-state index in [2.05, 4.69) is 20.7 Å². The molecule has 6 heteroatoms. The van der Waals surface area contributed by atoms with Gasteiger partial charge in [0.15, 0.2) is 0 Å². The Morgan fingerprint density at radius 3 is 2.82 bits per heavy atom. The number of benzene rings is 1. The third-order valence-corrected chi connectivity index (χ3v) is 2.78. The zero-order valence-corrected chi connectivity index (χ0v) is 10.7. The summed E-state index contributed by atoms with van der Waals surface area (Å²) in [6.07, 6.45) is -2.08. The Balaban J connectivity index is 2.92. The van der Waals surface area contributed by atoms with E-state index in [0.717, 1.165) is 0 Å². The van der Waals surface area contributed by atoms with Gasteiger partial charge in [-0.1, -0.05) is 12.1 Å². The van der Waals surface area contributed by atoms with Gasteiger partial charge >= 0.3 is 5.97 Å². The van der Waals surface area contributed by atoms with Gasteiger partial charge in [-0.25, -0.2) is 13.6 Å². The van der Waals surface area contributed by atoms with Gasteiger partial charge in [0.2, 0.25) is 6.17 Å². The Kier molecular flexibility index (Phi) is 5.02. The molecule has 0 fully saturated rings. The van der Waals surface area contributed by atoms with E-state index < -0.39 is 24.0 Å². The van der Waals surface area contributed by atoms with Crippen LogP contribution in [0.25, 0.3) is 0 Å². The molecular weight excluding hydrogens is 296 g/mol. The molecule has 0 radical (unpaired) electrons. The second-order valence-corrected chi connectivity index (χ2v) is 4.18. The molecule has 3 nitrogen and oxygen atoms in total. The number of ether oxygens (including phenoxy) is 1. The van der Waals surface area contributed by atoms with Gasteiger partial charge in [-0.3, -0.25) is 0 Å². The fourth-order valence-corrected chi connectivity index (χ4v) is 1.69. The summed E-state index contributed by atoms with van der Waals surface area (Å²) in [6, 6.07) is 2.92. The molecule has 1 rings (SSSR count). The zero-order chi connectivity index (χ0) is 13.0. The molecule has 0 aliphatic carbocycles. The predicted octanol–water partition coefficient (Wildman–Crippen LogP) is 2.49. The molecule has 0 heterocycles. The summed E-state index contributed by atoms with van der Waals surface area (Å²) in [7, 11) is 0. The largest absolute Gasteiger partial charge is 0.464 e. The zero-order valence-electron chi connectivity index (χ0n) is 9.12. The second-order valence-electron chi connectivity index (χ2n) is 3.32. The average molecular weight is 308 g/mol. The van der Waals surface area contributed by atoms with Crippen LogP contribution in [0.5, 0.6) is 0 Å². The van der Waals surface area contributed by atoms with Crippen LogP contribution in [0, 0.1) is 5.82 Å². The predicted molar refractivity (Wildman–Crippen MR) is 62.6 cm³/mol. The minimum Gasteiger partial charge on any atom is -0.464 e. The number of carbonyl (C=O) groups is 1. The third-order valence-electron chi connectivity index (χ3n) is 2.17. The number of esters is 1. The molecule has 17 heavy (non-hydrogen) atoms. The van der Waals surface area contributed by atoms with Crippen molar-refractivity contribution in [1.29, 1.82) is 0 Å². The van der Waals surface area contributed by atoms with Crippen molar-refractivity contribution in [2.45, 2.75) is 19.1 Å². The molecule has 2 atom stereocenters. The number of alkyl halides is 1. The minimum atomic E-state index is -2.08. The van der Waals surface area contributed by atoms with Crippen LogP contribution in [0.15, 0.2) is 22.7 Å². The van der Waals surface area contributed by atoms with Crippen molar-refractivity contribution in [3.8, 4) is 0 Å². The van der Waals surface area contributed by atoms with Crippen molar-refractivity contribution in [3.63, 3.8) is 0 Å². The van der Waals surface area contributed by atoms with Gasteiger partial charge in [-0.05, 0) is 28.9 Å². The average Bonchev–Trinajstić information content (AvgIpc) is 2.31. The molecule has 0 spiro atoms. The van der Waals surface area contributed by atoms with Crippen molar-refractivity contribution in [2.75, 3.05) is 6.61 Å². The Morgan fingerprint density at radius 1 is 1.59 bits per heavy atom. The topological polar surface area (TPSA) is 52.3 Å². The first-order valence-corrected chi connectivity index (χ1v) is 5.78.